The van der Waals surface area contributed by atoms with Gasteiger partial charge in [-0.2, -0.15) is 0 Å². The lowest BCUT2D eigenvalue weighted by molar-refractivity contribution is 0.0536. The fourth-order valence-corrected chi connectivity index (χ4v) is 3.62. The zero-order valence-corrected chi connectivity index (χ0v) is 16.9. The maximum absolute atomic E-state index is 13.3. The lowest BCUT2D eigenvalue weighted by atomic mass is 10.0. The van der Waals surface area contributed by atoms with Gasteiger partial charge in [-0.3, -0.25) is 9.59 Å². The lowest BCUT2D eigenvalue weighted by Crippen LogP contribution is -2.50. The number of benzene rings is 1. The summed E-state index contributed by atoms with van der Waals surface area (Å²) in [6.45, 7) is 7.86. The Morgan fingerprint density at radius 2 is 1.62 bits per heavy atom. The zero-order valence-electron chi connectivity index (χ0n) is 16.9. The Hall–Kier alpha value is -3.22. The van der Waals surface area contributed by atoms with E-state index in [9.17, 15) is 9.59 Å². The summed E-state index contributed by atoms with van der Waals surface area (Å²) in [4.78, 5) is 34.0. The zero-order chi connectivity index (χ0) is 20.5. The van der Waals surface area contributed by atoms with Crippen LogP contribution < -0.4 is 0 Å². The van der Waals surface area contributed by atoms with Gasteiger partial charge in [-0.25, -0.2) is 4.98 Å². The number of rotatable bonds is 3. The van der Waals surface area contributed by atoms with Gasteiger partial charge < -0.3 is 14.3 Å². The summed E-state index contributed by atoms with van der Waals surface area (Å²) in [6.07, 6.45) is 0. The molecule has 2 amide bonds. The van der Waals surface area contributed by atoms with Crippen molar-refractivity contribution in [3.63, 3.8) is 0 Å². The highest BCUT2D eigenvalue weighted by Gasteiger charge is 2.28. The van der Waals surface area contributed by atoms with Crippen LogP contribution in [-0.2, 0) is 0 Å². The molecule has 4 rings (SSSR count). The first-order valence-electron chi connectivity index (χ1n) is 9.86. The van der Waals surface area contributed by atoms with Crippen LogP contribution >= 0.6 is 0 Å². The third-order valence-corrected chi connectivity index (χ3v) is 5.33. The second-order valence-electron chi connectivity index (χ2n) is 7.65. The average molecular weight is 392 g/mol. The Kier molecular flexibility index (Phi) is 5.05. The summed E-state index contributed by atoms with van der Waals surface area (Å²) < 4.78 is 5.33. The van der Waals surface area contributed by atoms with Gasteiger partial charge in [-0.15, -0.1) is 0 Å². The smallest absolute Gasteiger partial charge is 0.259 e. The fraction of sp³-hybridized carbons (Fsp3) is 0.364. The van der Waals surface area contributed by atoms with Gasteiger partial charge >= 0.3 is 0 Å². The van der Waals surface area contributed by atoms with Crippen LogP contribution in [0.3, 0.4) is 0 Å². The minimum atomic E-state index is -0.0718. The van der Waals surface area contributed by atoms with E-state index in [4.69, 9.17) is 4.52 Å². The first-order valence-corrected chi connectivity index (χ1v) is 9.86. The summed E-state index contributed by atoms with van der Waals surface area (Å²) in [6, 6.07) is 11.1. The van der Waals surface area contributed by atoms with Crippen LogP contribution in [0.25, 0.3) is 11.1 Å². The normalized spacial score (nSPS) is 14.6. The van der Waals surface area contributed by atoms with Crippen molar-refractivity contribution in [2.24, 2.45) is 0 Å². The highest BCUT2D eigenvalue weighted by atomic mass is 16.5. The van der Waals surface area contributed by atoms with E-state index in [-0.39, 0.29) is 17.7 Å². The Morgan fingerprint density at radius 1 is 1.00 bits per heavy atom. The number of amides is 2. The second kappa shape index (κ2) is 7.66. The SMILES string of the molecule is Cc1noc2nc(C(C)C)cc(C(=O)N3CCN(C(=O)c4ccccc4)CC3)c12. The van der Waals surface area contributed by atoms with Gasteiger partial charge in [0, 0.05) is 37.4 Å². The van der Waals surface area contributed by atoms with Crippen LogP contribution in [0.15, 0.2) is 40.9 Å². The second-order valence-corrected chi connectivity index (χ2v) is 7.65. The number of carbonyl (C=O) groups excluding carboxylic acids is 2. The molecule has 0 bridgehead atoms. The van der Waals surface area contributed by atoms with Crippen LogP contribution in [0.4, 0.5) is 0 Å². The summed E-state index contributed by atoms with van der Waals surface area (Å²) in [7, 11) is 0. The molecule has 7 heteroatoms. The number of carbonyl (C=O) groups is 2. The molecule has 2 aromatic heterocycles. The topological polar surface area (TPSA) is 79.5 Å². The summed E-state index contributed by atoms with van der Waals surface area (Å²) in [5, 5.41) is 4.66. The largest absolute Gasteiger partial charge is 0.336 e. The van der Waals surface area contributed by atoms with Crippen molar-refractivity contribution in [2.45, 2.75) is 26.7 Å². The maximum Gasteiger partial charge on any atom is 0.259 e. The lowest BCUT2D eigenvalue weighted by Gasteiger charge is -2.35. The number of aromatic nitrogens is 2. The van der Waals surface area contributed by atoms with Gasteiger partial charge in [0.25, 0.3) is 17.5 Å². The Bertz CT molecular complexity index is 1050. The van der Waals surface area contributed by atoms with E-state index in [1.807, 2.05) is 57.2 Å². The minimum absolute atomic E-state index is 0.000901. The van der Waals surface area contributed by atoms with Crippen molar-refractivity contribution in [1.29, 1.82) is 0 Å². The molecule has 0 N–H and O–H groups in total. The highest BCUT2D eigenvalue weighted by Crippen LogP contribution is 2.26. The molecule has 3 aromatic rings. The molecule has 1 saturated heterocycles. The average Bonchev–Trinajstić information content (AvgIpc) is 3.13. The van der Waals surface area contributed by atoms with E-state index in [2.05, 4.69) is 10.1 Å². The van der Waals surface area contributed by atoms with E-state index >= 15 is 0 Å². The van der Waals surface area contributed by atoms with E-state index in [0.717, 1.165) is 5.69 Å². The number of hydrogen-bond donors (Lipinski definition) is 0. The van der Waals surface area contributed by atoms with Gasteiger partial charge in [0.2, 0.25) is 0 Å². The van der Waals surface area contributed by atoms with Crippen molar-refractivity contribution < 1.29 is 14.1 Å². The molecule has 0 spiro atoms. The Morgan fingerprint density at radius 3 is 2.24 bits per heavy atom. The molecule has 0 radical (unpaired) electrons. The molecule has 0 atom stereocenters. The third-order valence-electron chi connectivity index (χ3n) is 5.33. The molecule has 0 saturated carbocycles. The molecule has 1 aliphatic heterocycles. The first kappa shape index (κ1) is 19.1. The molecule has 1 aromatic carbocycles. The fourth-order valence-electron chi connectivity index (χ4n) is 3.62. The monoisotopic (exact) mass is 392 g/mol. The summed E-state index contributed by atoms with van der Waals surface area (Å²) in [5.74, 6) is 0.0927. The minimum Gasteiger partial charge on any atom is -0.336 e. The Balaban J connectivity index is 1.54. The molecular weight excluding hydrogens is 368 g/mol. The quantitative estimate of drug-likeness (QED) is 0.684. The van der Waals surface area contributed by atoms with E-state index < -0.39 is 0 Å². The molecule has 29 heavy (non-hydrogen) atoms. The van der Waals surface area contributed by atoms with Crippen molar-refractivity contribution in [3.05, 3.63) is 58.9 Å². The number of nitrogens with zero attached hydrogens (tertiary/aromatic N) is 4. The van der Waals surface area contributed by atoms with Gasteiger partial charge in [0.15, 0.2) is 0 Å². The molecule has 150 valence electrons. The first-order chi connectivity index (χ1) is 14.0. The number of piperazine rings is 1. The van der Waals surface area contributed by atoms with Gasteiger partial charge in [-0.1, -0.05) is 37.2 Å². The molecule has 0 unspecified atom stereocenters. The van der Waals surface area contributed by atoms with Gasteiger partial charge in [-0.05, 0) is 31.0 Å². The predicted molar refractivity (Wildman–Crippen MR) is 109 cm³/mol. The van der Waals surface area contributed by atoms with E-state index in [0.29, 0.717) is 54.1 Å². The third kappa shape index (κ3) is 3.60. The molecule has 3 heterocycles. The number of pyridine rings is 1. The molecular formula is C22H24N4O3. The summed E-state index contributed by atoms with van der Waals surface area (Å²) >= 11 is 0. The van der Waals surface area contributed by atoms with Crippen molar-refractivity contribution >= 4 is 22.9 Å². The standard InChI is InChI=1S/C22H24N4O3/c1-14(2)18-13-17(19-15(3)24-29-20(19)23-18)22(28)26-11-9-25(10-12-26)21(27)16-7-5-4-6-8-16/h4-8,13-14H,9-12H2,1-3H3. The van der Waals surface area contributed by atoms with Gasteiger partial charge in [0.1, 0.15) is 0 Å². The number of fused-ring (bicyclic) bond motifs is 1. The van der Waals surface area contributed by atoms with Gasteiger partial charge in [0.05, 0.1) is 16.6 Å². The molecule has 7 nitrogen and oxygen atoms in total. The Labute approximate surface area is 169 Å². The molecule has 1 aliphatic rings. The highest BCUT2D eigenvalue weighted by molar-refractivity contribution is 6.06. The van der Waals surface area contributed by atoms with Crippen molar-refractivity contribution in [3.8, 4) is 0 Å². The van der Waals surface area contributed by atoms with Crippen LogP contribution in [0.5, 0.6) is 0 Å². The van der Waals surface area contributed by atoms with Crippen LogP contribution in [-0.4, -0.2) is 57.9 Å². The maximum atomic E-state index is 13.3. The van der Waals surface area contributed by atoms with Crippen molar-refractivity contribution in [1.82, 2.24) is 19.9 Å². The summed E-state index contributed by atoms with van der Waals surface area (Å²) in [5.41, 5.74) is 3.10. The number of hydrogen-bond acceptors (Lipinski definition) is 5. The van der Waals surface area contributed by atoms with Crippen LogP contribution in [0, 0.1) is 6.92 Å². The number of aryl methyl sites for hydroxylation is 1. The molecule has 0 aliphatic carbocycles. The molecule has 1 fully saturated rings. The van der Waals surface area contributed by atoms with Crippen molar-refractivity contribution in [2.75, 3.05) is 26.2 Å². The predicted octanol–water partition coefficient (Wildman–Crippen LogP) is 3.25. The van der Waals surface area contributed by atoms with E-state index in [1.165, 1.54) is 0 Å². The van der Waals surface area contributed by atoms with Crippen LogP contribution in [0.2, 0.25) is 0 Å². The van der Waals surface area contributed by atoms with E-state index in [1.54, 1.807) is 9.80 Å². The van der Waals surface area contributed by atoms with Crippen LogP contribution in [0.1, 0.15) is 51.9 Å².